The maximum Gasteiger partial charge on any atom is 0.225 e. The van der Waals surface area contributed by atoms with Gasteiger partial charge in [0.05, 0.1) is 11.6 Å². The summed E-state index contributed by atoms with van der Waals surface area (Å²) in [7, 11) is 0. The lowest BCUT2D eigenvalue weighted by atomic mass is 9.85. The van der Waals surface area contributed by atoms with Crippen molar-refractivity contribution in [2.24, 2.45) is 5.41 Å². The summed E-state index contributed by atoms with van der Waals surface area (Å²) in [6, 6.07) is 1.96. The molecule has 18 heavy (non-hydrogen) atoms. The van der Waals surface area contributed by atoms with Crippen molar-refractivity contribution in [2.75, 3.05) is 18.0 Å². The minimum Gasteiger partial charge on any atom is -0.341 e. The van der Waals surface area contributed by atoms with Crippen molar-refractivity contribution in [3.8, 4) is 0 Å². The van der Waals surface area contributed by atoms with E-state index in [1.165, 1.54) is 19.3 Å². The van der Waals surface area contributed by atoms with Crippen molar-refractivity contribution in [3.05, 3.63) is 17.5 Å². The first kappa shape index (κ1) is 13.6. The van der Waals surface area contributed by atoms with Crippen LogP contribution in [0.25, 0.3) is 0 Å². The predicted molar refractivity (Wildman–Crippen MR) is 76.2 cm³/mol. The van der Waals surface area contributed by atoms with Crippen LogP contribution >= 0.6 is 11.6 Å². The highest BCUT2D eigenvalue weighted by Crippen LogP contribution is 2.30. The molecule has 1 saturated heterocycles. The van der Waals surface area contributed by atoms with Gasteiger partial charge in [-0.2, -0.15) is 0 Å². The van der Waals surface area contributed by atoms with Crippen LogP contribution in [0.1, 0.15) is 44.5 Å². The summed E-state index contributed by atoms with van der Waals surface area (Å²) in [5.41, 5.74) is 2.36. The Kier molecular flexibility index (Phi) is 4.10. The molecule has 0 amide bonds. The normalized spacial score (nSPS) is 19.7. The first-order valence-corrected chi connectivity index (χ1v) is 7.19. The first-order valence-electron chi connectivity index (χ1n) is 6.66. The summed E-state index contributed by atoms with van der Waals surface area (Å²) in [6.07, 6.45) is 3.68. The molecular weight excluding hydrogens is 246 g/mol. The van der Waals surface area contributed by atoms with Crippen LogP contribution in [0.2, 0.25) is 0 Å². The maximum atomic E-state index is 5.88. The average molecular weight is 268 g/mol. The monoisotopic (exact) mass is 267 g/mol. The highest BCUT2D eigenvalue weighted by Gasteiger charge is 2.24. The van der Waals surface area contributed by atoms with Crippen LogP contribution in [-0.2, 0) is 5.88 Å². The summed E-state index contributed by atoms with van der Waals surface area (Å²) in [4.78, 5) is 11.4. The third-order valence-corrected chi connectivity index (χ3v) is 3.93. The van der Waals surface area contributed by atoms with Gasteiger partial charge < -0.3 is 4.90 Å². The van der Waals surface area contributed by atoms with Gasteiger partial charge in [0, 0.05) is 18.8 Å². The SMILES string of the molecule is Cc1cc(CCl)nc(N2CCCC(C)(C)CC2)n1. The number of hydrogen-bond acceptors (Lipinski definition) is 3. The smallest absolute Gasteiger partial charge is 0.225 e. The molecule has 0 spiro atoms. The minimum absolute atomic E-state index is 0.438. The zero-order valence-corrected chi connectivity index (χ0v) is 12.3. The van der Waals surface area contributed by atoms with E-state index >= 15 is 0 Å². The maximum absolute atomic E-state index is 5.88. The Balaban J connectivity index is 2.18. The molecule has 0 radical (unpaired) electrons. The molecule has 2 heterocycles. The van der Waals surface area contributed by atoms with E-state index in [-0.39, 0.29) is 0 Å². The molecule has 3 nitrogen and oxygen atoms in total. The predicted octanol–water partition coefficient (Wildman–Crippen LogP) is 3.54. The summed E-state index contributed by atoms with van der Waals surface area (Å²) in [5.74, 6) is 1.30. The van der Waals surface area contributed by atoms with E-state index in [0.717, 1.165) is 30.4 Å². The minimum atomic E-state index is 0.438. The fraction of sp³-hybridized carbons (Fsp3) is 0.714. The van der Waals surface area contributed by atoms with Gasteiger partial charge in [0.2, 0.25) is 5.95 Å². The fourth-order valence-corrected chi connectivity index (χ4v) is 2.59. The molecule has 0 bridgehead atoms. The molecule has 100 valence electrons. The summed E-state index contributed by atoms with van der Waals surface area (Å²) in [5, 5.41) is 0. The second-order valence-electron chi connectivity index (χ2n) is 5.94. The molecule has 0 saturated carbocycles. The third kappa shape index (κ3) is 3.35. The van der Waals surface area contributed by atoms with Crippen molar-refractivity contribution in [1.82, 2.24) is 9.97 Å². The Hall–Kier alpha value is -0.830. The van der Waals surface area contributed by atoms with Crippen LogP contribution in [0, 0.1) is 12.3 Å². The lowest BCUT2D eigenvalue weighted by Gasteiger charge is -2.23. The highest BCUT2D eigenvalue weighted by atomic mass is 35.5. The summed E-state index contributed by atoms with van der Waals surface area (Å²) in [6.45, 7) is 8.78. The number of halogens is 1. The van der Waals surface area contributed by atoms with Crippen LogP contribution in [-0.4, -0.2) is 23.1 Å². The van der Waals surface area contributed by atoms with Crippen molar-refractivity contribution in [1.29, 1.82) is 0 Å². The average Bonchev–Trinajstić information content (AvgIpc) is 2.49. The number of aryl methyl sites for hydroxylation is 1. The Morgan fingerprint density at radius 2 is 2.06 bits per heavy atom. The molecule has 4 heteroatoms. The van der Waals surface area contributed by atoms with Crippen LogP contribution in [0.3, 0.4) is 0 Å². The topological polar surface area (TPSA) is 29.0 Å². The third-order valence-electron chi connectivity index (χ3n) is 3.66. The second-order valence-corrected chi connectivity index (χ2v) is 6.21. The van der Waals surface area contributed by atoms with Crippen LogP contribution < -0.4 is 4.90 Å². The second kappa shape index (κ2) is 5.43. The van der Waals surface area contributed by atoms with E-state index < -0.39 is 0 Å². The van der Waals surface area contributed by atoms with Crippen LogP contribution in [0.15, 0.2) is 6.07 Å². The molecule has 1 aromatic rings. The standard InChI is InChI=1S/C14H22ClN3/c1-11-9-12(10-15)17-13(16-11)18-7-4-5-14(2,3)6-8-18/h9H,4-8,10H2,1-3H3. The van der Waals surface area contributed by atoms with Gasteiger partial charge in [-0.05, 0) is 37.7 Å². The molecule has 1 aliphatic rings. The van der Waals surface area contributed by atoms with E-state index in [1.807, 2.05) is 13.0 Å². The van der Waals surface area contributed by atoms with E-state index in [9.17, 15) is 0 Å². The molecule has 0 N–H and O–H groups in total. The summed E-state index contributed by atoms with van der Waals surface area (Å²) >= 11 is 5.88. The van der Waals surface area contributed by atoms with E-state index in [1.54, 1.807) is 0 Å². The van der Waals surface area contributed by atoms with Crippen LogP contribution in [0.4, 0.5) is 5.95 Å². The zero-order valence-electron chi connectivity index (χ0n) is 11.5. The Labute approximate surface area is 115 Å². The number of nitrogens with zero attached hydrogens (tertiary/aromatic N) is 3. The molecule has 0 unspecified atom stereocenters. The number of hydrogen-bond donors (Lipinski definition) is 0. The molecular formula is C14H22ClN3. The van der Waals surface area contributed by atoms with Gasteiger partial charge in [-0.25, -0.2) is 9.97 Å². The molecule has 1 fully saturated rings. The number of anilines is 1. The van der Waals surface area contributed by atoms with Crippen molar-refractivity contribution < 1.29 is 0 Å². The van der Waals surface area contributed by atoms with Gasteiger partial charge in [-0.3, -0.25) is 0 Å². The van der Waals surface area contributed by atoms with E-state index in [2.05, 4.69) is 28.7 Å². The quantitative estimate of drug-likeness (QED) is 0.768. The Bertz CT molecular complexity index is 418. The Morgan fingerprint density at radius 3 is 2.78 bits per heavy atom. The van der Waals surface area contributed by atoms with E-state index in [0.29, 0.717) is 11.3 Å². The van der Waals surface area contributed by atoms with E-state index in [4.69, 9.17) is 11.6 Å². The van der Waals surface area contributed by atoms with Crippen LogP contribution in [0.5, 0.6) is 0 Å². The molecule has 1 aliphatic heterocycles. The van der Waals surface area contributed by atoms with Crippen molar-refractivity contribution >= 4 is 17.5 Å². The lowest BCUT2D eigenvalue weighted by molar-refractivity contribution is 0.325. The largest absolute Gasteiger partial charge is 0.341 e. The van der Waals surface area contributed by atoms with Gasteiger partial charge >= 0.3 is 0 Å². The lowest BCUT2D eigenvalue weighted by Crippen LogP contribution is -2.27. The Morgan fingerprint density at radius 1 is 1.28 bits per heavy atom. The molecule has 0 aliphatic carbocycles. The first-order chi connectivity index (χ1) is 8.50. The van der Waals surface area contributed by atoms with Gasteiger partial charge in [0.25, 0.3) is 0 Å². The fourth-order valence-electron chi connectivity index (χ4n) is 2.45. The molecule has 2 rings (SSSR count). The molecule has 1 aromatic heterocycles. The number of aromatic nitrogens is 2. The van der Waals surface area contributed by atoms with Gasteiger partial charge in [0.15, 0.2) is 0 Å². The summed E-state index contributed by atoms with van der Waals surface area (Å²) < 4.78 is 0. The van der Waals surface area contributed by atoms with Gasteiger partial charge in [0.1, 0.15) is 0 Å². The van der Waals surface area contributed by atoms with Crippen molar-refractivity contribution in [3.63, 3.8) is 0 Å². The number of rotatable bonds is 2. The number of alkyl halides is 1. The van der Waals surface area contributed by atoms with Crippen molar-refractivity contribution in [2.45, 2.75) is 45.9 Å². The zero-order chi connectivity index (χ0) is 13.2. The molecule has 0 atom stereocenters. The van der Waals surface area contributed by atoms with Gasteiger partial charge in [-0.15, -0.1) is 11.6 Å². The van der Waals surface area contributed by atoms with Gasteiger partial charge in [-0.1, -0.05) is 13.8 Å². The molecule has 0 aromatic carbocycles. The highest BCUT2D eigenvalue weighted by molar-refractivity contribution is 6.16.